The van der Waals surface area contributed by atoms with Crippen molar-refractivity contribution < 1.29 is 18.1 Å². The molecule has 2 heterocycles. The van der Waals surface area contributed by atoms with Crippen LogP contribution in [0.1, 0.15) is 5.56 Å². The van der Waals surface area contributed by atoms with Gasteiger partial charge in [-0.15, -0.1) is 0 Å². The number of anilines is 2. The molecule has 0 aliphatic carbocycles. The van der Waals surface area contributed by atoms with E-state index in [-0.39, 0.29) is 4.90 Å². The molecule has 9 nitrogen and oxygen atoms in total. The van der Waals surface area contributed by atoms with Crippen LogP contribution in [0.4, 0.5) is 16.5 Å². The predicted octanol–water partition coefficient (Wildman–Crippen LogP) is 3.15. The Kier molecular flexibility index (Phi) is 5.11. The summed E-state index contributed by atoms with van der Waals surface area (Å²) >= 11 is 1.47. The van der Waals surface area contributed by atoms with Crippen molar-refractivity contribution in [1.82, 2.24) is 4.98 Å². The topological polar surface area (TPSA) is 115 Å². The summed E-state index contributed by atoms with van der Waals surface area (Å²) in [4.78, 5) is 17.0. The summed E-state index contributed by atoms with van der Waals surface area (Å²) in [6.07, 6.45) is 0. The van der Waals surface area contributed by atoms with E-state index < -0.39 is 20.6 Å². The number of aromatic nitrogens is 1. The Morgan fingerprint density at radius 3 is 2.72 bits per heavy atom. The molecule has 11 heteroatoms. The van der Waals surface area contributed by atoms with Gasteiger partial charge in [-0.2, -0.15) is 0 Å². The maximum Gasteiger partial charge on any atom is 0.290 e. The van der Waals surface area contributed by atoms with E-state index in [1.54, 1.807) is 18.2 Å². The molecule has 0 atom stereocenters. The second kappa shape index (κ2) is 7.58. The van der Waals surface area contributed by atoms with Crippen LogP contribution in [-0.4, -0.2) is 44.6 Å². The molecule has 0 radical (unpaired) electrons. The second-order valence-corrected chi connectivity index (χ2v) is 9.19. The number of rotatable bonds is 5. The summed E-state index contributed by atoms with van der Waals surface area (Å²) in [6, 6.07) is 9.21. The lowest BCUT2D eigenvalue weighted by atomic mass is 10.2. The molecule has 1 aromatic heterocycles. The van der Waals surface area contributed by atoms with Crippen LogP contribution in [0.2, 0.25) is 0 Å². The van der Waals surface area contributed by atoms with Crippen molar-refractivity contribution in [1.29, 1.82) is 0 Å². The van der Waals surface area contributed by atoms with E-state index in [0.29, 0.717) is 24.5 Å². The lowest BCUT2D eigenvalue weighted by Crippen LogP contribution is -2.36. The summed E-state index contributed by atoms with van der Waals surface area (Å²) in [5.41, 5.74) is 0.944. The number of nitro groups is 1. The molecule has 0 bridgehead atoms. The van der Waals surface area contributed by atoms with Gasteiger partial charge in [0.05, 0.1) is 34.0 Å². The van der Waals surface area contributed by atoms with Crippen LogP contribution in [0, 0.1) is 17.0 Å². The first-order valence-electron chi connectivity index (χ1n) is 8.85. The smallest absolute Gasteiger partial charge is 0.290 e. The fourth-order valence-electron chi connectivity index (χ4n) is 3.20. The zero-order chi connectivity index (χ0) is 20.6. The van der Waals surface area contributed by atoms with Gasteiger partial charge in [0.1, 0.15) is 0 Å². The molecule has 29 heavy (non-hydrogen) atoms. The van der Waals surface area contributed by atoms with Crippen LogP contribution in [0.5, 0.6) is 0 Å². The predicted molar refractivity (Wildman–Crippen MR) is 111 cm³/mol. The van der Waals surface area contributed by atoms with Crippen molar-refractivity contribution in [3.63, 3.8) is 0 Å². The average molecular weight is 434 g/mol. The van der Waals surface area contributed by atoms with Crippen LogP contribution in [0.3, 0.4) is 0 Å². The van der Waals surface area contributed by atoms with Gasteiger partial charge in [0.25, 0.3) is 15.7 Å². The van der Waals surface area contributed by atoms with Gasteiger partial charge in [-0.25, -0.2) is 13.4 Å². The minimum Gasteiger partial charge on any atom is -0.378 e. The Balaban J connectivity index is 1.66. The second-order valence-electron chi connectivity index (χ2n) is 6.56. The van der Waals surface area contributed by atoms with Gasteiger partial charge in [0.15, 0.2) is 10.0 Å². The minimum atomic E-state index is -4.14. The van der Waals surface area contributed by atoms with Crippen molar-refractivity contribution in [2.75, 3.05) is 35.9 Å². The van der Waals surface area contributed by atoms with Crippen LogP contribution in [0.25, 0.3) is 10.2 Å². The largest absolute Gasteiger partial charge is 0.378 e. The fourth-order valence-corrected chi connectivity index (χ4v) is 5.71. The standard InChI is InChI=1S/C18H18N4O5S2/c1-12-3-2-4-15(22(23)24)17(12)29(25,26)20-13-5-6-14-16(11-13)28-18(19-14)21-7-9-27-10-8-21/h2-6,11,20H,7-10H2,1H3. The van der Waals surface area contributed by atoms with Crippen molar-refractivity contribution in [3.8, 4) is 0 Å². The van der Waals surface area contributed by atoms with Gasteiger partial charge in [-0.1, -0.05) is 23.5 Å². The van der Waals surface area contributed by atoms with E-state index in [1.807, 2.05) is 0 Å². The SMILES string of the molecule is Cc1cccc([N+](=O)[O-])c1S(=O)(=O)Nc1ccc2nc(N3CCOCC3)sc2c1. The van der Waals surface area contributed by atoms with E-state index in [2.05, 4.69) is 14.6 Å². The number of hydrogen-bond donors (Lipinski definition) is 1. The first-order chi connectivity index (χ1) is 13.8. The first kappa shape index (κ1) is 19.6. The number of fused-ring (bicyclic) bond motifs is 1. The fraction of sp³-hybridized carbons (Fsp3) is 0.278. The third kappa shape index (κ3) is 3.88. The highest BCUT2D eigenvalue weighted by Crippen LogP contribution is 2.33. The lowest BCUT2D eigenvalue weighted by Gasteiger charge is -2.25. The summed E-state index contributed by atoms with van der Waals surface area (Å²) in [5, 5.41) is 12.2. The van der Waals surface area contributed by atoms with Crippen molar-refractivity contribution in [3.05, 3.63) is 52.1 Å². The van der Waals surface area contributed by atoms with E-state index >= 15 is 0 Å². The number of nitrogens with one attached hydrogen (secondary N) is 1. The number of morpholine rings is 1. The highest BCUT2D eigenvalue weighted by Gasteiger charge is 2.28. The van der Waals surface area contributed by atoms with Crippen molar-refractivity contribution >= 4 is 48.1 Å². The van der Waals surface area contributed by atoms with Crippen LogP contribution < -0.4 is 9.62 Å². The quantitative estimate of drug-likeness (QED) is 0.484. The Labute approximate surface area is 171 Å². The summed E-state index contributed by atoms with van der Waals surface area (Å²) in [5.74, 6) is 0. The maximum atomic E-state index is 12.9. The number of benzene rings is 2. The van der Waals surface area contributed by atoms with E-state index in [9.17, 15) is 18.5 Å². The van der Waals surface area contributed by atoms with Gasteiger partial charge in [0.2, 0.25) is 0 Å². The van der Waals surface area contributed by atoms with Crippen molar-refractivity contribution in [2.45, 2.75) is 11.8 Å². The summed E-state index contributed by atoms with van der Waals surface area (Å²) in [7, 11) is -4.14. The Morgan fingerprint density at radius 2 is 2.00 bits per heavy atom. The Hall–Kier alpha value is -2.76. The summed E-state index contributed by atoms with van der Waals surface area (Å²) in [6.45, 7) is 4.35. The number of thiazole rings is 1. The van der Waals surface area contributed by atoms with Gasteiger partial charge in [-0.05, 0) is 30.7 Å². The number of sulfonamides is 1. The number of hydrogen-bond acceptors (Lipinski definition) is 8. The van der Waals surface area contributed by atoms with Crippen LogP contribution >= 0.6 is 11.3 Å². The van der Waals surface area contributed by atoms with E-state index in [4.69, 9.17) is 4.74 Å². The van der Waals surface area contributed by atoms with Gasteiger partial charge < -0.3 is 9.64 Å². The van der Waals surface area contributed by atoms with Crippen LogP contribution in [-0.2, 0) is 14.8 Å². The molecular weight excluding hydrogens is 416 g/mol. The van der Waals surface area contributed by atoms with Gasteiger partial charge >= 0.3 is 0 Å². The third-order valence-electron chi connectivity index (χ3n) is 4.57. The number of nitrogens with zero attached hydrogens (tertiary/aromatic N) is 3. The van der Waals surface area contributed by atoms with E-state index in [1.165, 1.54) is 36.5 Å². The monoisotopic (exact) mass is 434 g/mol. The molecule has 1 aliphatic heterocycles. The molecule has 3 aromatic rings. The Morgan fingerprint density at radius 1 is 1.24 bits per heavy atom. The molecule has 0 saturated carbocycles. The average Bonchev–Trinajstić information content (AvgIpc) is 3.11. The number of ether oxygens (including phenoxy) is 1. The summed E-state index contributed by atoms with van der Waals surface area (Å²) < 4.78 is 34.4. The first-order valence-corrected chi connectivity index (χ1v) is 11.2. The highest BCUT2D eigenvalue weighted by atomic mass is 32.2. The molecule has 2 aromatic carbocycles. The third-order valence-corrected chi connectivity index (χ3v) is 7.22. The van der Waals surface area contributed by atoms with Gasteiger partial charge in [0, 0.05) is 19.2 Å². The molecule has 0 spiro atoms. The molecule has 1 N–H and O–H groups in total. The molecule has 0 amide bonds. The number of aryl methyl sites for hydroxylation is 1. The molecule has 0 unspecified atom stereocenters. The molecule has 1 aliphatic rings. The van der Waals surface area contributed by atoms with Crippen molar-refractivity contribution in [2.24, 2.45) is 0 Å². The van der Waals surface area contributed by atoms with Crippen LogP contribution in [0.15, 0.2) is 41.3 Å². The van der Waals surface area contributed by atoms with Gasteiger partial charge in [-0.3, -0.25) is 14.8 Å². The molecule has 1 saturated heterocycles. The minimum absolute atomic E-state index is 0.306. The lowest BCUT2D eigenvalue weighted by molar-refractivity contribution is -0.387. The normalized spacial score (nSPS) is 14.9. The zero-order valence-electron chi connectivity index (χ0n) is 15.5. The number of nitro benzene ring substituents is 1. The molecule has 4 rings (SSSR count). The maximum absolute atomic E-state index is 12.9. The molecular formula is C18H18N4O5S2. The highest BCUT2D eigenvalue weighted by molar-refractivity contribution is 7.93. The molecule has 1 fully saturated rings. The molecule has 152 valence electrons. The Bertz CT molecular complexity index is 1190. The van der Waals surface area contributed by atoms with E-state index in [0.717, 1.165) is 28.4 Å². The zero-order valence-corrected chi connectivity index (χ0v) is 17.1.